The molecule has 2 aromatic carbocycles. The number of benzene rings is 2. The highest BCUT2D eigenvalue weighted by Crippen LogP contribution is 2.30. The average Bonchev–Trinajstić information content (AvgIpc) is 2.71. The van der Waals surface area contributed by atoms with Crippen LogP contribution in [0.1, 0.15) is 24.0 Å². The van der Waals surface area contributed by atoms with Crippen molar-refractivity contribution < 1.29 is 14.3 Å². The smallest absolute Gasteiger partial charge is 0.319 e. The summed E-state index contributed by atoms with van der Waals surface area (Å²) in [6.45, 7) is 1.33. The fourth-order valence-corrected chi connectivity index (χ4v) is 3.43. The Bertz CT molecular complexity index is 808. The summed E-state index contributed by atoms with van der Waals surface area (Å²) in [5.41, 5.74) is 3.91. The Hall–Kier alpha value is -2.86. The van der Waals surface area contributed by atoms with Crippen molar-refractivity contribution >= 4 is 23.3 Å². The van der Waals surface area contributed by atoms with Gasteiger partial charge in [0.05, 0.1) is 0 Å². The number of urea groups is 1. The van der Waals surface area contributed by atoms with Gasteiger partial charge in [0, 0.05) is 31.6 Å². The first-order valence-corrected chi connectivity index (χ1v) is 9.68. The topological polar surface area (TPSA) is 70.7 Å². The quantitative estimate of drug-likeness (QED) is 0.723. The summed E-state index contributed by atoms with van der Waals surface area (Å²) < 4.78 is 4.98. The predicted octanol–water partition coefficient (Wildman–Crippen LogP) is 3.37. The van der Waals surface area contributed by atoms with Crippen LogP contribution >= 0.6 is 0 Å². The molecule has 3 amide bonds. The van der Waals surface area contributed by atoms with Gasteiger partial charge in [-0.25, -0.2) is 4.79 Å². The van der Waals surface area contributed by atoms with Gasteiger partial charge in [-0.1, -0.05) is 36.4 Å². The highest BCUT2D eigenvalue weighted by Gasteiger charge is 2.22. The number of carbonyl (C=O) groups excluding carboxylic acids is 2. The summed E-state index contributed by atoms with van der Waals surface area (Å²) in [6, 6.07) is 15.7. The standard InChI is InChI=1S/C22H27N3O3/c1-28-16-21(26)25-14-6-10-18-11-12-19(15-20(18)25)24-22(27)23-13-5-9-17-7-3-2-4-8-17/h2-4,7-8,11-12,15H,5-6,9-10,13-14,16H2,1H3,(H2,23,24,27). The van der Waals surface area contributed by atoms with Crippen LogP contribution in [-0.2, 0) is 22.4 Å². The number of aryl methyl sites for hydroxylation is 2. The van der Waals surface area contributed by atoms with Crippen LogP contribution in [0.3, 0.4) is 0 Å². The maximum Gasteiger partial charge on any atom is 0.319 e. The van der Waals surface area contributed by atoms with Crippen LogP contribution in [0.4, 0.5) is 16.2 Å². The van der Waals surface area contributed by atoms with Crippen LogP contribution in [0.15, 0.2) is 48.5 Å². The first-order valence-electron chi connectivity index (χ1n) is 9.68. The highest BCUT2D eigenvalue weighted by molar-refractivity contribution is 5.97. The number of methoxy groups -OCH3 is 1. The minimum atomic E-state index is -0.237. The van der Waals surface area contributed by atoms with Crippen molar-refractivity contribution in [2.24, 2.45) is 0 Å². The third-order valence-electron chi connectivity index (χ3n) is 4.80. The Kier molecular flexibility index (Phi) is 7.03. The van der Waals surface area contributed by atoms with Gasteiger partial charge in [0.15, 0.2) is 0 Å². The second-order valence-electron chi connectivity index (χ2n) is 6.90. The van der Waals surface area contributed by atoms with Crippen molar-refractivity contribution in [1.29, 1.82) is 0 Å². The molecule has 1 aliphatic rings. The summed E-state index contributed by atoms with van der Waals surface area (Å²) in [6.07, 6.45) is 3.66. The van der Waals surface area contributed by atoms with E-state index in [2.05, 4.69) is 22.8 Å². The van der Waals surface area contributed by atoms with Crippen LogP contribution in [0.2, 0.25) is 0 Å². The number of fused-ring (bicyclic) bond motifs is 1. The number of nitrogens with zero attached hydrogens (tertiary/aromatic N) is 1. The molecule has 3 rings (SSSR count). The lowest BCUT2D eigenvalue weighted by atomic mass is 10.0. The number of carbonyl (C=O) groups is 2. The number of ether oxygens (including phenoxy) is 1. The molecule has 0 bridgehead atoms. The van der Waals surface area contributed by atoms with Crippen LogP contribution in [0.25, 0.3) is 0 Å². The van der Waals surface area contributed by atoms with Crippen molar-refractivity contribution in [3.05, 3.63) is 59.7 Å². The SMILES string of the molecule is COCC(=O)N1CCCc2ccc(NC(=O)NCCCc3ccccc3)cc21. The maximum atomic E-state index is 12.3. The van der Waals surface area contributed by atoms with Crippen molar-refractivity contribution in [3.63, 3.8) is 0 Å². The third kappa shape index (κ3) is 5.33. The lowest BCUT2D eigenvalue weighted by Gasteiger charge is -2.29. The molecule has 0 saturated carbocycles. The zero-order valence-corrected chi connectivity index (χ0v) is 16.2. The summed E-state index contributed by atoms with van der Waals surface area (Å²) >= 11 is 0. The van der Waals surface area contributed by atoms with Crippen LogP contribution in [0.5, 0.6) is 0 Å². The van der Waals surface area contributed by atoms with E-state index in [-0.39, 0.29) is 18.5 Å². The molecule has 6 nitrogen and oxygen atoms in total. The minimum Gasteiger partial charge on any atom is -0.375 e. The molecule has 0 unspecified atom stereocenters. The van der Waals surface area contributed by atoms with Gasteiger partial charge in [-0.3, -0.25) is 4.79 Å². The van der Waals surface area contributed by atoms with E-state index >= 15 is 0 Å². The molecule has 148 valence electrons. The van der Waals surface area contributed by atoms with Crippen LogP contribution in [-0.4, -0.2) is 38.7 Å². The van der Waals surface area contributed by atoms with E-state index in [1.165, 1.54) is 12.7 Å². The zero-order chi connectivity index (χ0) is 19.8. The number of nitrogens with one attached hydrogen (secondary N) is 2. The van der Waals surface area contributed by atoms with Crippen LogP contribution in [0, 0.1) is 0 Å². The predicted molar refractivity (Wildman–Crippen MR) is 111 cm³/mol. The van der Waals surface area contributed by atoms with E-state index in [0.717, 1.165) is 36.9 Å². The van der Waals surface area contributed by atoms with Crippen molar-refractivity contribution in [1.82, 2.24) is 5.32 Å². The third-order valence-corrected chi connectivity index (χ3v) is 4.80. The summed E-state index contributed by atoms with van der Waals surface area (Å²) in [7, 11) is 1.52. The van der Waals surface area contributed by atoms with Gasteiger partial charge < -0.3 is 20.3 Å². The molecule has 28 heavy (non-hydrogen) atoms. The van der Waals surface area contributed by atoms with Gasteiger partial charge in [-0.2, -0.15) is 0 Å². The molecule has 0 aromatic heterocycles. The first kappa shape index (κ1) is 19.9. The van der Waals surface area contributed by atoms with Crippen molar-refractivity contribution in [2.75, 3.05) is 37.0 Å². The van der Waals surface area contributed by atoms with Gasteiger partial charge in [-0.15, -0.1) is 0 Å². The lowest BCUT2D eigenvalue weighted by molar-refractivity contribution is -0.122. The number of rotatable bonds is 7. The number of hydrogen-bond acceptors (Lipinski definition) is 3. The molecular formula is C22H27N3O3. The molecule has 0 spiro atoms. The normalized spacial score (nSPS) is 13.0. The zero-order valence-electron chi connectivity index (χ0n) is 16.2. The molecule has 0 fully saturated rings. The van der Waals surface area contributed by atoms with E-state index in [0.29, 0.717) is 18.8 Å². The summed E-state index contributed by atoms with van der Waals surface area (Å²) in [5, 5.41) is 5.75. The maximum absolute atomic E-state index is 12.3. The molecule has 0 aliphatic carbocycles. The largest absolute Gasteiger partial charge is 0.375 e. The molecule has 2 aromatic rings. The number of hydrogen-bond donors (Lipinski definition) is 2. The summed E-state index contributed by atoms with van der Waals surface area (Å²) in [4.78, 5) is 26.2. The highest BCUT2D eigenvalue weighted by atomic mass is 16.5. The van der Waals surface area contributed by atoms with Crippen LogP contribution < -0.4 is 15.5 Å². The fourth-order valence-electron chi connectivity index (χ4n) is 3.43. The molecule has 1 aliphatic heterocycles. The van der Waals surface area contributed by atoms with Gasteiger partial charge in [0.2, 0.25) is 0 Å². The second-order valence-corrected chi connectivity index (χ2v) is 6.90. The van der Waals surface area contributed by atoms with Gasteiger partial charge in [-0.05, 0) is 48.9 Å². The lowest BCUT2D eigenvalue weighted by Crippen LogP contribution is -2.38. The molecule has 1 heterocycles. The number of amides is 3. The molecule has 0 radical (unpaired) electrons. The Morgan fingerprint density at radius 2 is 1.96 bits per heavy atom. The van der Waals surface area contributed by atoms with E-state index < -0.39 is 0 Å². The Morgan fingerprint density at radius 3 is 2.75 bits per heavy atom. The minimum absolute atomic E-state index is 0.0546. The Morgan fingerprint density at radius 1 is 1.14 bits per heavy atom. The summed E-state index contributed by atoms with van der Waals surface area (Å²) in [5.74, 6) is -0.0639. The molecule has 6 heteroatoms. The Balaban J connectivity index is 1.53. The monoisotopic (exact) mass is 381 g/mol. The average molecular weight is 381 g/mol. The Labute approximate surface area is 165 Å². The van der Waals surface area contributed by atoms with Gasteiger partial charge in [0.25, 0.3) is 5.91 Å². The van der Waals surface area contributed by atoms with Crippen molar-refractivity contribution in [2.45, 2.75) is 25.7 Å². The van der Waals surface area contributed by atoms with E-state index in [1.54, 1.807) is 4.90 Å². The van der Waals surface area contributed by atoms with Gasteiger partial charge in [0.1, 0.15) is 6.61 Å². The molecule has 2 N–H and O–H groups in total. The van der Waals surface area contributed by atoms with Crippen molar-refractivity contribution in [3.8, 4) is 0 Å². The molecular weight excluding hydrogens is 354 g/mol. The van der Waals surface area contributed by atoms with Gasteiger partial charge >= 0.3 is 6.03 Å². The van der Waals surface area contributed by atoms with E-state index in [4.69, 9.17) is 4.74 Å². The molecule has 0 atom stereocenters. The molecule has 0 saturated heterocycles. The number of anilines is 2. The first-order chi connectivity index (χ1) is 13.7. The second kappa shape index (κ2) is 9.90. The van der Waals surface area contributed by atoms with E-state index in [1.807, 2.05) is 36.4 Å². The van der Waals surface area contributed by atoms with E-state index in [9.17, 15) is 9.59 Å². The fraction of sp³-hybridized carbons (Fsp3) is 0.364.